The Kier molecular flexibility index (Phi) is 3.87. The minimum Gasteiger partial charge on any atom is -0.352 e. The molecule has 0 radical (unpaired) electrons. The van der Waals surface area contributed by atoms with Crippen LogP contribution in [0.3, 0.4) is 0 Å². The van der Waals surface area contributed by atoms with Gasteiger partial charge in [0.25, 0.3) is 5.91 Å². The van der Waals surface area contributed by atoms with Crippen molar-refractivity contribution in [1.82, 2.24) is 20.1 Å². The van der Waals surface area contributed by atoms with E-state index in [4.69, 9.17) is 0 Å². The molecule has 2 aromatic heterocycles. The number of sulfone groups is 1. The highest BCUT2D eigenvalue weighted by molar-refractivity contribution is 7.91. The van der Waals surface area contributed by atoms with Gasteiger partial charge >= 0.3 is 0 Å². The van der Waals surface area contributed by atoms with Crippen LogP contribution in [0, 0.1) is 19.8 Å². The fraction of sp³-hybridized carbons (Fsp3) is 0.533. The van der Waals surface area contributed by atoms with Gasteiger partial charge in [-0.2, -0.15) is 5.10 Å². The molecule has 1 N–H and O–H groups in total. The number of carbonyl (C=O) groups is 1. The molecule has 1 atom stereocenters. The number of aromatic nitrogens is 3. The van der Waals surface area contributed by atoms with Crippen LogP contribution in [0.5, 0.6) is 0 Å². The van der Waals surface area contributed by atoms with Gasteiger partial charge in [-0.25, -0.2) is 13.4 Å². The molecule has 1 saturated heterocycles. The number of hydrogen-bond acceptors (Lipinski definition) is 5. The summed E-state index contributed by atoms with van der Waals surface area (Å²) < 4.78 is 24.6. The van der Waals surface area contributed by atoms with Crippen LogP contribution in [0.2, 0.25) is 0 Å². The Balaban J connectivity index is 1.78. The molecule has 0 bridgehead atoms. The molecule has 3 rings (SSSR count). The van der Waals surface area contributed by atoms with Crippen molar-refractivity contribution in [2.24, 2.45) is 13.0 Å². The third-order valence-electron chi connectivity index (χ3n) is 4.31. The molecular weight excluding hydrogens is 316 g/mol. The van der Waals surface area contributed by atoms with E-state index in [2.05, 4.69) is 15.4 Å². The zero-order valence-electron chi connectivity index (χ0n) is 13.5. The van der Waals surface area contributed by atoms with Gasteiger partial charge in [0.05, 0.1) is 28.5 Å². The zero-order chi connectivity index (χ0) is 16.8. The molecule has 0 saturated carbocycles. The van der Waals surface area contributed by atoms with Crippen molar-refractivity contribution in [3.63, 3.8) is 0 Å². The Labute approximate surface area is 135 Å². The van der Waals surface area contributed by atoms with E-state index in [9.17, 15) is 13.2 Å². The van der Waals surface area contributed by atoms with Crippen molar-refractivity contribution < 1.29 is 13.2 Å². The second-order valence-corrected chi connectivity index (χ2v) is 8.41. The van der Waals surface area contributed by atoms with E-state index in [1.54, 1.807) is 17.7 Å². The molecule has 1 amide bonds. The molecule has 0 aromatic carbocycles. The summed E-state index contributed by atoms with van der Waals surface area (Å²) >= 11 is 0. The minimum absolute atomic E-state index is 0.000995. The molecule has 1 aliphatic heterocycles. The number of nitrogens with zero attached hydrogens (tertiary/aromatic N) is 3. The fourth-order valence-corrected chi connectivity index (χ4v) is 4.89. The standard InChI is InChI=1S/C15H20N4O3S/c1-9-13(6-12-10(2)18-19(3)14(12)17-9)15(20)16-7-11-4-5-23(21,22)8-11/h6,11H,4-5,7-8H2,1-3H3,(H,16,20)/t11-/m1/s1. The Morgan fingerprint density at radius 1 is 1.39 bits per heavy atom. The van der Waals surface area contributed by atoms with Crippen LogP contribution in [0.25, 0.3) is 11.0 Å². The number of hydrogen-bond donors (Lipinski definition) is 1. The fourth-order valence-electron chi connectivity index (χ4n) is 3.03. The summed E-state index contributed by atoms with van der Waals surface area (Å²) in [5.74, 6) is 0.158. The summed E-state index contributed by atoms with van der Waals surface area (Å²) in [5, 5.41) is 8.01. The van der Waals surface area contributed by atoms with Gasteiger partial charge in [0, 0.05) is 19.0 Å². The van der Waals surface area contributed by atoms with Crippen LogP contribution in [-0.2, 0) is 16.9 Å². The van der Waals surface area contributed by atoms with Gasteiger partial charge in [0.15, 0.2) is 15.5 Å². The largest absolute Gasteiger partial charge is 0.352 e. The Bertz CT molecular complexity index is 886. The number of rotatable bonds is 3. The summed E-state index contributed by atoms with van der Waals surface area (Å²) in [4.78, 5) is 16.9. The lowest BCUT2D eigenvalue weighted by Gasteiger charge is -2.11. The van der Waals surface area contributed by atoms with E-state index in [1.807, 2.05) is 14.0 Å². The lowest BCUT2D eigenvalue weighted by atomic mass is 10.1. The average molecular weight is 336 g/mol. The molecule has 23 heavy (non-hydrogen) atoms. The number of fused-ring (bicyclic) bond motifs is 1. The predicted molar refractivity (Wildman–Crippen MR) is 87.1 cm³/mol. The van der Waals surface area contributed by atoms with E-state index in [0.29, 0.717) is 24.2 Å². The molecule has 0 spiro atoms. The monoisotopic (exact) mass is 336 g/mol. The van der Waals surface area contributed by atoms with Gasteiger partial charge < -0.3 is 5.32 Å². The Morgan fingerprint density at radius 2 is 2.13 bits per heavy atom. The first-order valence-electron chi connectivity index (χ1n) is 7.56. The van der Waals surface area contributed by atoms with Gasteiger partial charge in [-0.1, -0.05) is 0 Å². The maximum atomic E-state index is 12.4. The number of aryl methyl sites for hydroxylation is 3. The number of nitrogens with one attached hydrogen (secondary N) is 1. The SMILES string of the molecule is Cc1nc2c(cc1C(=O)NC[C@H]1CCS(=O)(=O)C1)c(C)nn2C. The molecule has 7 nitrogen and oxygen atoms in total. The average Bonchev–Trinajstić information content (AvgIpc) is 2.95. The number of carbonyl (C=O) groups excluding carboxylic acids is 1. The van der Waals surface area contributed by atoms with Crippen LogP contribution >= 0.6 is 0 Å². The van der Waals surface area contributed by atoms with Crippen LogP contribution in [-0.4, -0.2) is 47.1 Å². The number of amides is 1. The first-order valence-corrected chi connectivity index (χ1v) is 9.38. The molecule has 8 heteroatoms. The van der Waals surface area contributed by atoms with Gasteiger partial charge in [0.1, 0.15) is 0 Å². The van der Waals surface area contributed by atoms with Crippen molar-refractivity contribution in [2.75, 3.05) is 18.1 Å². The van der Waals surface area contributed by atoms with Crippen molar-refractivity contribution in [3.05, 3.63) is 23.0 Å². The quantitative estimate of drug-likeness (QED) is 0.892. The predicted octanol–water partition coefficient (Wildman–Crippen LogP) is 0.750. The third-order valence-corrected chi connectivity index (χ3v) is 6.15. The Hall–Kier alpha value is -1.96. The van der Waals surface area contributed by atoms with Crippen LogP contribution in [0.15, 0.2) is 6.07 Å². The van der Waals surface area contributed by atoms with E-state index < -0.39 is 9.84 Å². The highest BCUT2D eigenvalue weighted by atomic mass is 32.2. The second kappa shape index (κ2) is 5.59. The van der Waals surface area contributed by atoms with E-state index in [0.717, 1.165) is 16.7 Å². The van der Waals surface area contributed by atoms with Crippen LogP contribution in [0.4, 0.5) is 0 Å². The normalized spacial score (nSPS) is 20.0. The Morgan fingerprint density at radius 3 is 2.78 bits per heavy atom. The maximum absolute atomic E-state index is 12.4. The third kappa shape index (κ3) is 3.08. The topological polar surface area (TPSA) is 93.9 Å². The number of pyridine rings is 1. The van der Waals surface area contributed by atoms with Gasteiger partial charge in [0.2, 0.25) is 0 Å². The first-order chi connectivity index (χ1) is 10.8. The summed E-state index contributed by atoms with van der Waals surface area (Å²) in [6.45, 7) is 4.04. The first kappa shape index (κ1) is 15.9. The van der Waals surface area contributed by atoms with Crippen LogP contribution < -0.4 is 5.32 Å². The second-order valence-electron chi connectivity index (χ2n) is 6.18. The molecule has 0 aliphatic carbocycles. The van der Waals surface area contributed by atoms with Gasteiger partial charge in [-0.3, -0.25) is 9.48 Å². The van der Waals surface area contributed by atoms with Crippen molar-refractivity contribution >= 4 is 26.8 Å². The molecule has 124 valence electrons. The lowest BCUT2D eigenvalue weighted by Crippen LogP contribution is -2.30. The minimum atomic E-state index is -2.92. The van der Waals surface area contributed by atoms with Crippen molar-refractivity contribution in [2.45, 2.75) is 20.3 Å². The van der Waals surface area contributed by atoms with E-state index in [1.165, 1.54) is 0 Å². The maximum Gasteiger partial charge on any atom is 0.253 e. The summed E-state index contributed by atoms with van der Waals surface area (Å²) in [5.41, 5.74) is 2.72. The molecule has 2 aromatic rings. The molecule has 0 unspecified atom stereocenters. The van der Waals surface area contributed by atoms with Crippen LogP contribution in [0.1, 0.15) is 28.2 Å². The van der Waals surface area contributed by atoms with Crippen molar-refractivity contribution in [3.8, 4) is 0 Å². The smallest absolute Gasteiger partial charge is 0.253 e. The zero-order valence-corrected chi connectivity index (χ0v) is 14.3. The van der Waals surface area contributed by atoms with Crippen molar-refractivity contribution in [1.29, 1.82) is 0 Å². The molecular formula is C15H20N4O3S. The van der Waals surface area contributed by atoms with Gasteiger partial charge in [-0.15, -0.1) is 0 Å². The molecule has 1 fully saturated rings. The summed E-state index contributed by atoms with van der Waals surface area (Å²) in [6, 6.07) is 1.81. The van der Waals surface area contributed by atoms with E-state index in [-0.39, 0.29) is 23.3 Å². The molecule has 1 aliphatic rings. The lowest BCUT2D eigenvalue weighted by molar-refractivity contribution is 0.0947. The van der Waals surface area contributed by atoms with Gasteiger partial charge in [-0.05, 0) is 32.3 Å². The summed E-state index contributed by atoms with van der Waals surface area (Å²) in [7, 11) is -1.10. The highest BCUT2D eigenvalue weighted by Crippen LogP contribution is 2.20. The van der Waals surface area contributed by atoms with E-state index >= 15 is 0 Å². The summed E-state index contributed by atoms with van der Waals surface area (Å²) in [6.07, 6.45) is 0.612. The molecule has 3 heterocycles. The highest BCUT2D eigenvalue weighted by Gasteiger charge is 2.28.